The fourth-order valence-electron chi connectivity index (χ4n) is 3.85. The highest BCUT2D eigenvalue weighted by molar-refractivity contribution is 5.76. The summed E-state index contributed by atoms with van der Waals surface area (Å²) in [6.07, 6.45) is 1.04. The molecule has 2 saturated heterocycles. The number of amides is 1. The molecule has 2 aliphatic heterocycles. The van der Waals surface area contributed by atoms with Crippen molar-refractivity contribution in [2.75, 3.05) is 26.2 Å². The Morgan fingerprint density at radius 1 is 1.25 bits per heavy atom. The van der Waals surface area contributed by atoms with E-state index in [-0.39, 0.29) is 5.91 Å². The van der Waals surface area contributed by atoms with Gasteiger partial charge in [0.15, 0.2) is 11.7 Å². The lowest BCUT2D eigenvalue weighted by atomic mass is 10.0. The van der Waals surface area contributed by atoms with E-state index < -0.39 is 0 Å². The summed E-state index contributed by atoms with van der Waals surface area (Å²) in [5.74, 6) is 2.97. The maximum atomic E-state index is 12.4. The molecule has 4 rings (SSSR count). The fraction of sp³-hybridized carbons (Fsp3) is 0.474. The van der Waals surface area contributed by atoms with Crippen LogP contribution in [0.1, 0.15) is 18.0 Å². The third kappa shape index (κ3) is 2.96. The van der Waals surface area contributed by atoms with Crippen molar-refractivity contribution in [1.29, 1.82) is 0 Å². The van der Waals surface area contributed by atoms with Gasteiger partial charge in [0.1, 0.15) is 0 Å². The van der Waals surface area contributed by atoms with E-state index in [0.717, 1.165) is 43.2 Å². The molecular weight excluding hydrogens is 302 g/mol. The summed E-state index contributed by atoms with van der Waals surface area (Å²) < 4.78 is 5.90. The second-order valence-corrected chi connectivity index (χ2v) is 6.87. The number of aryl methyl sites for hydroxylation is 2. The van der Waals surface area contributed by atoms with Gasteiger partial charge in [0.2, 0.25) is 5.91 Å². The molecule has 0 aliphatic carbocycles. The standard InChI is InChI=1S/C19H23N3O2/c1-13-19(14-5-3-2-4-6-14)24-17(21-13)7-8-18(23)22-11-15-9-20-10-16(15)12-22/h2-6,15-16,20H,7-12H2,1H3/t15-,16+. The molecule has 2 fully saturated rings. The molecule has 126 valence electrons. The van der Waals surface area contributed by atoms with Crippen molar-refractivity contribution in [2.24, 2.45) is 11.8 Å². The number of aromatic nitrogens is 1. The molecule has 3 heterocycles. The van der Waals surface area contributed by atoms with Crippen LogP contribution in [0.5, 0.6) is 0 Å². The van der Waals surface area contributed by atoms with Gasteiger partial charge >= 0.3 is 0 Å². The first-order valence-corrected chi connectivity index (χ1v) is 8.71. The molecule has 0 bridgehead atoms. The number of nitrogens with one attached hydrogen (secondary N) is 1. The first kappa shape index (κ1) is 15.4. The number of carbonyl (C=O) groups is 1. The van der Waals surface area contributed by atoms with E-state index in [2.05, 4.69) is 10.3 Å². The Morgan fingerprint density at radius 3 is 2.67 bits per heavy atom. The van der Waals surface area contributed by atoms with Gasteiger partial charge in [0.25, 0.3) is 0 Å². The largest absolute Gasteiger partial charge is 0.440 e. The summed E-state index contributed by atoms with van der Waals surface area (Å²) in [7, 11) is 0. The van der Waals surface area contributed by atoms with E-state index in [1.807, 2.05) is 42.2 Å². The highest BCUT2D eigenvalue weighted by Crippen LogP contribution is 2.27. The van der Waals surface area contributed by atoms with E-state index >= 15 is 0 Å². The molecule has 5 heteroatoms. The Hall–Kier alpha value is -2.14. The summed E-state index contributed by atoms with van der Waals surface area (Å²) in [5.41, 5.74) is 1.91. The molecule has 2 atom stereocenters. The molecule has 1 amide bonds. The molecule has 2 aromatic rings. The number of nitrogens with zero attached hydrogens (tertiary/aromatic N) is 2. The van der Waals surface area contributed by atoms with E-state index in [1.54, 1.807) is 0 Å². The lowest BCUT2D eigenvalue weighted by Crippen LogP contribution is -2.32. The van der Waals surface area contributed by atoms with Gasteiger partial charge in [-0.05, 0) is 18.8 Å². The highest BCUT2D eigenvalue weighted by atomic mass is 16.4. The number of hydrogen-bond donors (Lipinski definition) is 1. The number of carbonyl (C=O) groups excluding carboxylic acids is 1. The Balaban J connectivity index is 1.37. The molecule has 1 N–H and O–H groups in total. The van der Waals surface area contributed by atoms with Crippen LogP contribution in [-0.4, -0.2) is 42.0 Å². The fourth-order valence-corrected chi connectivity index (χ4v) is 3.85. The van der Waals surface area contributed by atoms with Crippen molar-refractivity contribution >= 4 is 5.91 Å². The first-order chi connectivity index (χ1) is 11.7. The van der Waals surface area contributed by atoms with Crippen molar-refractivity contribution < 1.29 is 9.21 Å². The minimum absolute atomic E-state index is 0.224. The monoisotopic (exact) mass is 325 g/mol. The molecule has 5 nitrogen and oxygen atoms in total. The van der Waals surface area contributed by atoms with Crippen molar-refractivity contribution in [2.45, 2.75) is 19.8 Å². The average molecular weight is 325 g/mol. The predicted molar refractivity (Wildman–Crippen MR) is 91.4 cm³/mol. The smallest absolute Gasteiger partial charge is 0.223 e. The molecule has 0 spiro atoms. The zero-order valence-electron chi connectivity index (χ0n) is 14.0. The second-order valence-electron chi connectivity index (χ2n) is 6.87. The van der Waals surface area contributed by atoms with Crippen LogP contribution in [0.15, 0.2) is 34.7 Å². The van der Waals surface area contributed by atoms with Gasteiger partial charge in [-0.1, -0.05) is 30.3 Å². The Bertz CT molecular complexity index is 713. The van der Waals surface area contributed by atoms with Crippen LogP contribution in [0, 0.1) is 18.8 Å². The zero-order chi connectivity index (χ0) is 16.5. The predicted octanol–water partition coefficient (Wildman–Crippen LogP) is 2.26. The number of rotatable bonds is 4. The summed E-state index contributed by atoms with van der Waals surface area (Å²) in [6.45, 7) is 5.85. The number of oxazole rings is 1. The topological polar surface area (TPSA) is 58.4 Å². The number of likely N-dealkylation sites (tertiary alicyclic amines) is 1. The molecule has 0 unspecified atom stereocenters. The van der Waals surface area contributed by atoms with Gasteiger partial charge in [0.05, 0.1) is 5.69 Å². The summed E-state index contributed by atoms with van der Waals surface area (Å²) >= 11 is 0. The number of fused-ring (bicyclic) bond motifs is 1. The lowest BCUT2D eigenvalue weighted by molar-refractivity contribution is -0.130. The van der Waals surface area contributed by atoms with Crippen LogP contribution >= 0.6 is 0 Å². The summed E-state index contributed by atoms with van der Waals surface area (Å²) in [6, 6.07) is 9.98. The maximum Gasteiger partial charge on any atom is 0.223 e. The van der Waals surface area contributed by atoms with Gasteiger partial charge in [-0.2, -0.15) is 0 Å². The van der Waals surface area contributed by atoms with Crippen LogP contribution in [-0.2, 0) is 11.2 Å². The van der Waals surface area contributed by atoms with Crippen LogP contribution in [0.2, 0.25) is 0 Å². The van der Waals surface area contributed by atoms with Crippen LogP contribution < -0.4 is 5.32 Å². The highest BCUT2D eigenvalue weighted by Gasteiger charge is 2.37. The van der Waals surface area contributed by atoms with Crippen molar-refractivity contribution in [1.82, 2.24) is 15.2 Å². The van der Waals surface area contributed by atoms with Crippen LogP contribution in [0.25, 0.3) is 11.3 Å². The number of hydrogen-bond acceptors (Lipinski definition) is 4. The molecule has 1 aromatic heterocycles. The Morgan fingerprint density at radius 2 is 1.96 bits per heavy atom. The van der Waals surface area contributed by atoms with Crippen molar-refractivity contribution in [3.05, 3.63) is 41.9 Å². The van der Waals surface area contributed by atoms with Gasteiger partial charge in [-0.25, -0.2) is 4.98 Å². The lowest BCUT2D eigenvalue weighted by Gasteiger charge is -2.16. The Labute approximate surface area is 142 Å². The molecule has 0 radical (unpaired) electrons. The van der Waals surface area contributed by atoms with Crippen molar-refractivity contribution in [3.63, 3.8) is 0 Å². The van der Waals surface area contributed by atoms with Gasteiger partial charge < -0.3 is 14.6 Å². The normalized spacial score (nSPS) is 22.8. The van der Waals surface area contributed by atoms with E-state index in [0.29, 0.717) is 30.6 Å². The Kier molecular flexibility index (Phi) is 4.10. The SMILES string of the molecule is Cc1nc(CCC(=O)N2C[C@H]3CNC[C@H]3C2)oc1-c1ccccc1. The molecular formula is C19H23N3O2. The zero-order valence-corrected chi connectivity index (χ0v) is 14.0. The molecule has 2 aliphatic rings. The number of benzene rings is 1. The van der Waals surface area contributed by atoms with E-state index in [9.17, 15) is 4.79 Å². The molecule has 0 saturated carbocycles. The van der Waals surface area contributed by atoms with Gasteiger partial charge in [-0.15, -0.1) is 0 Å². The maximum absolute atomic E-state index is 12.4. The average Bonchev–Trinajstić information content (AvgIpc) is 3.27. The van der Waals surface area contributed by atoms with Gasteiger partial charge in [0, 0.05) is 44.6 Å². The first-order valence-electron chi connectivity index (χ1n) is 8.71. The summed E-state index contributed by atoms with van der Waals surface area (Å²) in [5, 5.41) is 3.40. The molecule has 24 heavy (non-hydrogen) atoms. The minimum atomic E-state index is 0.224. The van der Waals surface area contributed by atoms with E-state index in [4.69, 9.17) is 4.42 Å². The van der Waals surface area contributed by atoms with Crippen LogP contribution in [0.4, 0.5) is 0 Å². The van der Waals surface area contributed by atoms with Crippen LogP contribution in [0.3, 0.4) is 0 Å². The second kappa shape index (κ2) is 6.40. The quantitative estimate of drug-likeness (QED) is 0.937. The van der Waals surface area contributed by atoms with Gasteiger partial charge in [-0.3, -0.25) is 4.79 Å². The molecule has 1 aromatic carbocycles. The summed E-state index contributed by atoms with van der Waals surface area (Å²) in [4.78, 5) is 19.0. The third-order valence-corrected chi connectivity index (χ3v) is 5.17. The minimum Gasteiger partial charge on any atom is -0.440 e. The van der Waals surface area contributed by atoms with E-state index in [1.165, 1.54) is 0 Å². The van der Waals surface area contributed by atoms with Crippen molar-refractivity contribution in [3.8, 4) is 11.3 Å². The third-order valence-electron chi connectivity index (χ3n) is 5.17.